The van der Waals surface area contributed by atoms with E-state index in [0.29, 0.717) is 5.25 Å². The summed E-state index contributed by atoms with van der Waals surface area (Å²) in [4.78, 5) is 11.0. The lowest BCUT2D eigenvalue weighted by Gasteiger charge is -2.36. The van der Waals surface area contributed by atoms with E-state index in [2.05, 4.69) is 64.5 Å². The number of aliphatic imine (C=N–C) groups is 1. The van der Waals surface area contributed by atoms with Crippen molar-refractivity contribution in [1.82, 2.24) is 20.3 Å². The van der Waals surface area contributed by atoms with E-state index in [1.54, 1.807) is 0 Å². The molecule has 29 heavy (non-hydrogen) atoms. The van der Waals surface area contributed by atoms with Crippen molar-refractivity contribution in [1.29, 1.82) is 0 Å². The van der Waals surface area contributed by atoms with Crippen LogP contribution in [0.5, 0.6) is 0 Å². The molecule has 1 aromatic heterocycles. The van der Waals surface area contributed by atoms with Crippen molar-refractivity contribution in [2.75, 3.05) is 39.3 Å². The highest BCUT2D eigenvalue weighted by molar-refractivity contribution is 14.0. The standard InChI is InChI=1S/C21H31N5OS.HI/c1-4-22-21(23-15-18(3)28-20-8-6-5-7-9-20)26-12-10-25(11-13-26)16-19-14-17(2)27-24-19;/h5-9,14,18H,4,10-13,15-16H2,1-3H3,(H,22,23);1H. The Bertz CT molecular complexity index is 747. The van der Waals surface area contributed by atoms with Crippen LogP contribution < -0.4 is 5.32 Å². The number of rotatable bonds is 7. The number of benzene rings is 1. The number of piperazine rings is 1. The highest BCUT2D eigenvalue weighted by atomic mass is 127. The molecule has 160 valence electrons. The zero-order valence-electron chi connectivity index (χ0n) is 17.5. The largest absolute Gasteiger partial charge is 0.361 e. The zero-order chi connectivity index (χ0) is 19.8. The second-order valence-electron chi connectivity index (χ2n) is 7.13. The van der Waals surface area contributed by atoms with Gasteiger partial charge in [-0.25, -0.2) is 0 Å². The summed E-state index contributed by atoms with van der Waals surface area (Å²) >= 11 is 1.88. The second kappa shape index (κ2) is 12.4. The van der Waals surface area contributed by atoms with Crippen molar-refractivity contribution in [2.24, 2.45) is 4.99 Å². The summed E-state index contributed by atoms with van der Waals surface area (Å²) in [6.45, 7) is 12.8. The average Bonchev–Trinajstić information content (AvgIpc) is 3.11. The Morgan fingerprint density at radius 1 is 1.24 bits per heavy atom. The molecule has 1 aromatic carbocycles. The van der Waals surface area contributed by atoms with Crippen LogP contribution >= 0.6 is 35.7 Å². The third-order valence-electron chi connectivity index (χ3n) is 4.65. The van der Waals surface area contributed by atoms with Gasteiger partial charge in [0.2, 0.25) is 0 Å². The molecule has 0 aliphatic carbocycles. The molecule has 2 heterocycles. The first-order chi connectivity index (χ1) is 13.6. The lowest BCUT2D eigenvalue weighted by Crippen LogP contribution is -2.52. The molecule has 0 saturated carbocycles. The summed E-state index contributed by atoms with van der Waals surface area (Å²) in [5.41, 5.74) is 1.01. The zero-order valence-corrected chi connectivity index (χ0v) is 20.7. The van der Waals surface area contributed by atoms with Crippen molar-refractivity contribution in [3.05, 3.63) is 47.9 Å². The number of aryl methyl sites for hydroxylation is 1. The number of nitrogens with zero attached hydrogens (tertiary/aromatic N) is 4. The molecule has 1 atom stereocenters. The maximum atomic E-state index is 5.18. The molecule has 1 unspecified atom stereocenters. The van der Waals surface area contributed by atoms with Crippen LogP contribution in [0.1, 0.15) is 25.3 Å². The van der Waals surface area contributed by atoms with Gasteiger partial charge < -0.3 is 14.7 Å². The Morgan fingerprint density at radius 3 is 2.59 bits per heavy atom. The van der Waals surface area contributed by atoms with Gasteiger partial charge in [0.15, 0.2) is 5.96 Å². The lowest BCUT2D eigenvalue weighted by molar-refractivity contribution is 0.169. The van der Waals surface area contributed by atoms with E-state index in [4.69, 9.17) is 9.52 Å². The van der Waals surface area contributed by atoms with E-state index < -0.39 is 0 Å². The highest BCUT2D eigenvalue weighted by Gasteiger charge is 2.20. The molecule has 0 radical (unpaired) electrons. The van der Waals surface area contributed by atoms with Crippen LogP contribution in [0.2, 0.25) is 0 Å². The molecule has 0 spiro atoms. The number of hydrogen-bond acceptors (Lipinski definition) is 5. The van der Waals surface area contributed by atoms with Crippen molar-refractivity contribution in [2.45, 2.75) is 37.5 Å². The van der Waals surface area contributed by atoms with E-state index >= 15 is 0 Å². The summed E-state index contributed by atoms with van der Waals surface area (Å²) in [5, 5.41) is 8.01. The van der Waals surface area contributed by atoms with Crippen LogP contribution in [-0.2, 0) is 6.54 Å². The fraction of sp³-hybridized carbons (Fsp3) is 0.524. The Hall–Kier alpha value is -1.26. The number of hydrogen-bond donors (Lipinski definition) is 1. The van der Waals surface area contributed by atoms with Crippen LogP contribution in [0, 0.1) is 6.92 Å². The van der Waals surface area contributed by atoms with Gasteiger partial charge in [-0.05, 0) is 26.0 Å². The third-order valence-corrected chi connectivity index (χ3v) is 5.74. The van der Waals surface area contributed by atoms with Gasteiger partial charge in [0.1, 0.15) is 5.76 Å². The molecule has 2 aromatic rings. The van der Waals surface area contributed by atoms with E-state index in [1.165, 1.54) is 4.90 Å². The van der Waals surface area contributed by atoms with E-state index in [0.717, 1.165) is 63.2 Å². The fourth-order valence-corrected chi connectivity index (χ4v) is 4.18. The molecule has 1 aliphatic heterocycles. The molecule has 6 nitrogen and oxygen atoms in total. The predicted molar refractivity (Wildman–Crippen MR) is 131 cm³/mol. The third kappa shape index (κ3) is 7.82. The first kappa shape index (κ1) is 24.0. The van der Waals surface area contributed by atoms with Crippen molar-refractivity contribution in [3.63, 3.8) is 0 Å². The summed E-state index contributed by atoms with van der Waals surface area (Å²) in [6, 6.07) is 12.6. The van der Waals surface area contributed by atoms with Gasteiger partial charge in [0.05, 0.1) is 12.2 Å². The van der Waals surface area contributed by atoms with Gasteiger partial charge in [-0.2, -0.15) is 0 Å². The molecule has 1 aliphatic rings. The topological polar surface area (TPSA) is 56.9 Å². The number of aromatic nitrogens is 1. The molecule has 1 saturated heterocycles. The second-order valence-corrected chi connectivity index (χ2v) is 8.64. The van der Waals surface area contributed by atoms with Crippen LogP contribution in [0.3, 0.4) is 0 Å². The normalized spacial score (nSPS) is 16.4. The van der Waals surface area contributed by atoms with Crippen molar-refractivity contribution >= 4 is 41.7 Å². The smallest absolute Gasteiger partial charge is 0.194 e. The first-order valence-electron chi connectivity index (χ1n) is 10.0. The van der Waals surface area contributed by atoms with Gasteiger partial charge in [-0.15, -0.1) is 35.7 Å². The summed E-state index contributed by atoms with van der Waals surface area (Å²) in [5.74, 6) is 1.90. The highest BCUT2D eigenvalue weighted by Crippen LogP contribution is 2.22. The number of halogens is 1. The quantitative estimate of drug-likeness (QED) is 0.255. The van der Waals surface area contributed by atoms with Gasteiger partial charge in [-0.1, -0.05) is 30.3 Å². The van der Waals surface area contributed by atoms with E-state index in [1.807, 2.05) is 24.8 Å². The van der Waals surface area contributed by atoms with E-state index in [9.17, 15) is 0 Å². The average molecular weight is 529 g/mol. The molecule has 8 heteroatoms. The van der Waals surface area contributed by atoms with Gasteiger partial charge in [0, 0.05) is 55.5 Å². The number of thioether (sulfide) groups is 1. The maximum absolute atomic E-state index is 5.18. The van der Waals surface area contributed by atoms with Crippen LogP contribution in [0.25, 0.3) is 0 Å². The van der Waals surface area contributed by atoms with Gasteiger partial charge >= 0.3 is 0 Å². The Labute approximate surface area is 195 Å². The SMILES string of the molecule is CCNC(=NCC(C)Sc1ccccc1)N1CCN(Cc2cc(C)on2)CC1.I. The number of guanidine groups is 1. The summed E-state index contributed by atoms with van der Waals surface area (Å²) in [7, 11) is 0. The van der Waals surface area contributed by atoms with Crippen LogP contribution in [0.15, 0.2) is 50.8 Å². The van der Waals surface area contributed by atoms with Crippen LogP contribution in [0.4, 0.5) is 0 Å². The van der Waals surface area contributed by atoms with Gasteiger partial charge in [-0.3, -0.25) is 9.89 Å². The molecular weight excluding hydrogens is 497 g/mol. The first-order valence-corrected chi connectivity index (χ1v) is 10.9. The van der Waals surface area contributed by atoms with Crippen molar-refractivity contribution in [3.8, 4) is 0 Å². The minimum atomic E-state index is 0. The minimum absolute atomic E-state index is 0. The Morgan fingerprint density at radius 2 is 1.97 bits per heavy atom. The fourth-order valence-electron chi connectivity index (χ4n) is 3.25. The van der Waals surface area contributed by atoms with Gasteiger partial charge in [0.25, 0.3) is 0 Å². The predicted octanol–water partition coefficient (Wildman–Crippen LogP) is 3.86. The minimum Gasteiger partial charge on any atom is -0.361 e. The molecule has 0 amide bonds. The summed E-state index contributed by atoms with van der Waals surface area (Å²) in [6.07, 6.45) is 0. The molecule has 0 bridgehead atoms. The lowest BCUT2D eigenvalue weighted by atomic mass is 10.3. The molecule has 1 N–H and O–H groups in total. The molecule has 1 fully saturated rings. The Kier molecular flexibility index (Phi) is 10.3. The summed E-state index contributed by atoms with van der Waals surface area (Å²) < 4.78 is 5.18. The molecule has 3 rings (SSSR count). The van der Waals surface area contributed by atoms with Crippen LogP contribution in [-0.4, -0.2) is 65.4 Å². The monoisotopic (exact) mass is 529 g/mol. The molecular formula is C21H32IN5OS. The van der Waals surface area contributed by atoms with Crippen molar-refractivity contribution < 1.29 is 4.52 Å². The number of nitrogens with one attached hydrogen (secondary N) is 1. The van der Waals surface area contributed by atoms with E-state index in [-0.39, 0.29) is 24.0 Å². The maximum Gasteiger partial charge on any atom is 0.194 e. The Balaban J connectivity index is 0.00000300.